The van der Waals surface area contributed by atoms with Crippen LogP contribution in [0, 0.1) is 0 Å². The van der Waals surface area contributed by atoms with Crippen LogP contribution in [-0.4, -0.2) is 28.3 Å². The molecule has 0 unspecified atom stereocenters. The summed E-state index contributed by atoms with van der Waals surface area (Å²) in [5, 5.41) is 0.573. The molecule has 0 atom stereocenters. The summed E-state index contributed by atoms with van der Waals surface area (Å²) in [6, 6.07) is 15.0. The molecule has 1 saturated heterocycles. The van der Waals surface area contributed by atoms with Gasteiger partial charge in [0.25, 0.3) is 5.56 Å². The first-order chi connectivity index (χ1) is 12.3. The summed E-state index contributed by atoms with van der Waals surface area (Å²) in [6.45, 7) is 8.08. The van der Waals surface area contributed by atoms with Crippen LogP contribution >= 0.6 is 0 Å². The Morgan fingerprint density at radius 2 is 1.54 bits per heavy atom. The van der Waals surface area contributed by atoms with Crippen molar-refractivity contribution in [2.45, 2.75) is 38.9 Å². The molecule has 132 valence electrons. The van der Waals surface area contributed by atoms with Crippen LogP contribution in [0.3, 0.4) is 0 Å². The van der Waals surface area contributed by atoms with Gasteiger partial charge in [-0.25, -0.2) is 4.98 Å². The monoisotopic (exact) mass is 348 g/mol. The number of benzene rings is 2. The van der Waals surface area contributed by atoms with E-state index in [-0.39, 0.29) is 5.56 Å². The summed E-state index contributed by atoms with van der Waals surface area (Å²) >= 11 is 0. The van der Waals surface area contributed by atoms with E-state index in [1.807, 2.05) is 70.2 Å². The highest BCUT2D eigenvalue weighted by atomic mass is 16.7. The van der Waals surface area contributed by atoms with Crippen LogP contribution in [0.2, 0.25) is 0 Å². The molecule has 5 nitrogen and oxygen atoms in total. The van der Waals surface area contributed by atoms with E-state index in [0.29, 0.717) is 16.7 Å². The van der Waals surface area contributed by atoms with Crippen LogP contribution in [0.1, 0.15) is 27.7 Å². The number of aromatic nitrogens is 2. The van der Waals surface area contributed by atoms with E-state index in [2.05, 4.69) is 9.97 Å². The minimum absolute atomic E-state index is 0.158. The van der Waals surface area contributed by atoms with Crippen molar-refractivity contribution in [1.82, 2.24) is 9.97 Å². The Morgan fingerprint density at radius 3 is 2.27 bits per heavy atom. The Hall–Kier alpha value is -2.44. The van der Waals surface area contributed by atoms with Crippen LogP contribution in [0.15, 0.2) is 53.3 Å². The average molecular weight is 348 g/mol. The summed E-state index contributed by atoms with van der Waals surface area (Å²) in [6.07, 6.45) is 0. The molecule has 1 aromatic heterocycles. The van der Waals surface area contributed by atoms with Gasteiger partial charge < -0.3 is 14.3 Å². The fraction of sp³-hybridized carbons (Fsp3) is 0.300. The van der Waals surface area contributed by atoms with Crippen molar-refractivity contribution in [3.8, 4) is 11.4 Å². The first-order valence-corrected chi connectivity index (χ1v) is 8.72. The normalized spacial score (nSPS) is 18.4. The van der Waals surface area contributed by atoms with Crippen LogP contribution in [0.25, 0.3) is 22.3 Å². The average Bonchev–Trinajstić information content (AvgIpc) is 2.82. The van der Waals surface area contributed by atoms with Crippen LogP contribution in [-0.2, 0) is 9.31 Å². The second-order valence-electron chi connectivity index (χ2n) is 7.61. The third-order valence-corrected chi connectivity index (χ3v) is 5.34. The zero-order valence-electron chi connectivity index (χ0n) is 15.4. The summed E-state index contributed by atoms with van der Waals surface area (Å²) in [5.74, 6) is 0.513. The number of nitrogens with zero attached hydrogens (tertiary/aromatic N) is 1. The topological polar surface area (TPSA) is 64.2 Å². The molecule has 26 heavy (non-hydrogen) atoms. The van der Waals surface area contributed by atoms with Crippen molar-refractivity contribution in [3.63, 3.8) is 0 Å². The maximum absolute atomic E-state index is 12.5. The van der Waals surface area contributed by atoms with Gasteiger partial charge in [-0.2, -0.15) is 0 Å². The third kappa shape index (κ3) is 2.66. The fourth-order valence-corrected chi connectivity index (χ4v) is 3.10. The maximum atomic E-state index is 12.5. The van der Waals surface area contributed by atoms with Crippen molar-refractivity contribution in [3.05, 3.63) is 58.9 Å². The zero-order chi connectivity index (χ0) is 18.5. The second-order valence-corrected chi connectivity index (χ2v) is 7.61. The third-order valence-electron chi connectivity index (χ3n) is 5.34. The number of aromatic amines is 1. The van der Waals surface area contributed by atoms with Crippen LogP contribution in [0.4, 0.5) is 0 Å². The van der Waals surface area contributed by atoms with Crippen molar-refractivity contribution < 1.29 is 9.31 Å². The molecule has 1 fully saturated rings. The molecule has 0 bridgehead atoms. The molecule has 0 aliphatic carbocycles. The molecular formula is C20H21BN2O3. The number of hydrogen-bond donors (Lipinski definition) is 1. The second kappa shape index (κ2) is 5.79. The lowest BCUT2D eigenvalue weighted by Crippen LogP contribution is -2.41. The fourth-order valence-electron chi connectivity index (χ4n) is 3.10. The van der Waals surface area contributed by atoms with Crippen molar-refractivity contribution in [2.75, 3.05) is 0 Å². The maximum Gasteiger partial charge on any atom is 0.495 e. The van der Waals surface area contributed by atoms with E-state index in [1.54, 1.807) is 6.07 Å². The predicted molar refractivity (Wildman–Crippen MR) is 104 cm³/mol. The Morgan fingerprint density at radius 1 is 0.923 bits per heavy atom. The Bertz CT molecular complexity index is 1030. The van der Waals surface area contributed by atoms with Gasteiger partial charge in [0.2, 0.25) is 0 Å². The smallest absolute Gasteiger partial charge is 0.399 e. The van der Waals surface area contributed by atoms with Gasteiger partial charge in [-0.05, 0) is 45.3 Å². The molecule has 6 heteroatoms. The molecule has 3 aromatic rings. The molecule has 1 aliphatic rings. The highest BCUT2D eigenvalue weighted by Crippen LogP contribution is 2.37. The first-order valence-electron chi connectivity index (χ1n) is 8.72. The van der Waals surface area contributed by atoms with Crippen molar-refractivity contribution >= 4 is 23.5 Å². The highest BCUT2D eigenvalue weighted by molar-refractivity contribution is 6.63. The molecule has 2 aromatic carbocycles. The number of rotatable bonds is 2. The summed E-state index contributed by atoms with van der Waals surface area (Å²) in [4.78, 5) is 20.0. The van der Waals surface area contributed by atoms with Crippen molar-refractivity contribution in [1.29, 1.82) is 0 Å². The molecule has 0 saturated carbocycles. The minimum atomic E-state index is -0.520. The molecule has 1 aliphatic heterocycles. The quantitative estimate of drug-likeness (QED) is 0.724. The lowest BCUT2D eigenvalue weighted by atomic mass is 9.75. The molecule has 4 rings (SSSR count). The van der Waals surface area contributed by atoms with E-state index in [9.17, 15) is 4.79 Å². The summed E-state index contributed by atoms with van der Waals surface area (Å²) in [5.41, 5.74) is 1.28. The Kier molecular flexibility index (Phi) is 3.79. The molecule has 0 radical (unpaired) electrons. The highest BCUT2D eigenvalue weighted by Gasteiger charge is 2.52. The number of nitrogens with one attached hydrogen (secondary N) is 1. The number of H-pyrrole nitrogens is 1. The predicted octanol–water partition coefficient (Wildman–Crippen LogP) is 2.89. The van der Waals surface area contributed by atoms with Gasteiger partial charge in [0.05, 0.1) is 22.1 Å². The number of hydrogen-bond acceptors (Lipinski definition) is 4. The van der Waals surface area contributed by atoms with E-state index in [0.717, 1.165) is 11.0 Å². The van der Waals surface area contributed by atoms with Gasteiger partial charge in [-0.1, -0.05) is 36.4 Å². The van der Waals surface area contributed by atoms with Gasteiger partial charge in [-0.3, -0.25) is 4.79 Å². The lowest BCUT2D eigenvalue weighted by molar-refractivity contribution is 0.00578. The van der Waals surface area contributed by atoms with Gasteiger partial charge in [-0.15, -0.1) is 0 Å². The minimum Gasteiger partial charge on any atom is -0.399 e. The molecule has 0 spiro atoms. The summed E-state index contributed by atoms with van der Waals surface area (Å²) < 4.78 is 12.4. The van der Waals surface area contributed by atoms with E-state index >= 15 is 0 Å². The molecule has 2 heterocycles. The molecule has 1 N–H and O–H groups in total. The van der Waals surface area contributed by atoms with Gasteiger partial charge in [0.1, 0.15) is 5.82 Å². The van der Waals surface area contributed by atoms with E-state index in [1.165, 1.54) is 0 Å². The number of fused-ring (bicyclic) bond motifs is 1. The number of para-hydroxylation sites is 1. The van der Waals surface area contributed by atoms with Crippen LogP contribution in [0.5, 0.6) is 0 Å². The SMILES string of the molecule is CC1(C)OB(c2ccccc2-c2nc3ccccc3c(=O)[nH]2)OC1(C)C. The van der Waals surface area contributed by atoms with Gasteiger partial charge in [0.15, 0.2) is 0 Å². The molecule has 0 amide bonds. The molecular weight excluding hydrogens is 327 g/mol. The van der Waals surface area contributed by atoms with Crippen LogP contribution < -0.4 is 11.0 Å². The standard InChI is InChI=1S/C20H21BN2O3/c1-19(2)20(3,4)26-21(25-19)15-11-7-5-9-13(15)17-22-16-12-8-6-10-14(16)18(24)23-17/h5-12H,1-4H3,(H,22,23,24). The zero-order valence-corrected chi connectivity index (χ0v) is 15.4. The Balaban J connectivity index is 1.84. The van der Waals surface area contributed by atoms with E-state index < -0.39 is 18.3 Å². The Labute approximate surface area is 152 Å². The van der Waals surface area contributed by atoms with Gasteiger partial charge >= 0.3 is 7.12 Å². The summed E-state index contributed by atoms with van der Waals surface area (Å²) in [7, 11) is -0.520. The lowest BCUT2D eigenvalue weighted by Gasteiger charge is -2.32. The largest absolute Gasteiger partial charge is 0.495 e. The van der Waals surface area contributed by atoms with Crippen molar-refractivity contribution in [2.24, 2.45) is 0 Å². The van der Waals surface area contributed by atoms with Gasteiger partial charge in [0, 0.05) is 5.56 Å². The first kappa shape index (κ1) is 17.0. The van der Waals surface area contributed by atoms with E-state index in [4.69, 9.17) is 9.31 Å².